The molecule has 2 N–H and O–H groups in total. The molecule has 3 aromatic rings. The molecule has 1 saturated heterocycles. The fraction of sp³-hybridized carbons (Fsp3) is 0.192. The standard InChI is InChI=1S/C26H20N2O4/c29-15-7-5-6-14(12-15)27-20(30)13-28-25(31)23-21-16-8-1-2-9-17(16)22(24(23)26(28)32)19-11-4-3-10-18(19)21/h1-12,21-24,29H,13H2,(H,27,30)/t21?,22?,23-,24-/m1/s1. The van der Waals surface area contributed by atoms with Gasteiger partial charge in [0.05, 0.1) is 11.8 Å². The van der Waals surface area contributed by atoms with E-state index in [1.54, 1.807) is 12.1 Å². The maximum Gasteiger partial charge on any atom is 0.244 e. The first kappa shape index (κ1) is 18.8. The normalized spacial score (nSPS) is 24.7. The van der Waals surface area contributed by atoms with Gasteiger partial charge in [0.2, 0.25) is 17.7 Å². The highest BCUT2D eigenvalue weighted by Crippen LogP contribution is 2.60. The van der Waals surface area contributed by atoms with Gasteiger partial charge in [-0.15, -0.1) is 0 Å². The van der Waals surface area contributed by atoms with Gasteiger partial charge in [-0.25, -0.2) is 0 Å². The molecule has 2 bridgehead atoms. The first-order valence-corrected chi connectivity index (χ1v) is 10.7. The molecule has 6 nitrogen and oxygen atoms in total. The number of phenolic OH excluding ortho intramolecular Hbond substituents is 1. The van der Waals surface area contributed by atoms with Crippen LogP contribution in [0.25, 0.3) is 0 Å². The maximum atomic E-state index is 13.5. The molecule has 0 spiro atoms. The predicted octanol–water partition coefficient (Wildman–Crippen LogP) is 3.22. The Bertz CT molecular complexity index is 1180. The van der Waals surface area contributed by atoms with Crippen LogP contribution in [-0.2, 0) is 14.4 Å². The number of imide groups is 1. The highest BCUT2D eigenvalue weighted by Gasteiger charge is 2.61. The van der Waals surface area contributed by atoms with Crippen molar-refractivity contribution in [3.63, 3.8) is 0 Å². The second kappa shape index (κ2) is 6.79. The van der Waals surface area contributed by atoms with Crippen molar-refractivity contribution in [3.05, 3.63) is 95.1 Å². The van der Waals surface area contributed by atoms with E-state index in [-0.39, 0.29) is 35.9 Å². The number of phenols is 1. The summed E-state index contributed by atoms with van der Waals surface area (Å²) in [6, 6.07) is 22.2. The minimum atomic E-state index is -0.495. The van der Waals surface area contributed by atoms with Crippen LogP contribution in [-0.4, -0.2) is 34.3 Å². The van der Waals surface area contributed by atoms with Gasteiger partial charge in [-0.1, -0.05) is 54.6 Å². The van der Waals surface area contributed by atoms with Crippen molar-refractivity contribution in [2.24, 2.45) is 11.8 Å². The smallest absolute Gasteiger partial charge is 0.244 e. The summed E-state index contributed by atoms with van der Waals surface area (Å²) in [4.78, 5) is 40.7. The fourth-order valence-electron chi connectivity index (χ4n) is 5.82. The summed E-state index contributed by atoms with van der Waals surface area (Å²) in [5.74, 6) is -2.39. The Morgan fingerprint density at radius 1 is 0.781 bits per heavy atom. The van der Waals surface area contributed by atoms with Gasteiger partial charge in [-0.3, -0.25) is 19.3 Å². The van der Waals surface area contributed by atoms with Crippen LogP contribution in [0, 0.1) is 11.8 Å². The molecule has 0 radical (unpaired) electrons. The van der Waals surface area contributed by atoms with Gasteiger partial charge in [0.15, 0.2) is 0 Å². The largest absolute Gasteiger partial charge is 0.508 e. The van der Waals surface area contributed by atoms with Crippen molar-refractivity contribution < 1.29 is 19.5 Å². The second-order valence-corrected chi connectivity index (χ2v) is 8.63. The third-order valence-corrected chi connectivity index (χ3v) is 6.97. The van der Waals surface area contributed by atoms with Crippen LogP contribution in [0.5, 0.6) is 5.75 Å². The van der Waals surface area contributed by atoms with Crippen LogP contribution < -0.4 is 5.32 Å². The Kier molecular flexibility index (Phi) is 3.99. The summed E-state index contributed by atoms with van der Waals surface area (Å²) in [6.07, 6.45) is 0. The van der Waals surface area contributed by atoms with Crippen molar-refractivity contribution in [2.45, 2.75) is 11.8 Å². The number of carbonyl (C=O) groups excluding carboxylic acids is 3. The summed E-state index contributed by atoms with van der Waals surface area (Å²) >= 11 is 0. The van der Waals surface area contributed by atoms with Gasteiger partial charge in [0, 0.05) is 23.6 Å². The minimum absolute atomic E-state index is 0.0225. The zero-order chi connectivity index (χ0) is 22.0. The van der Waals surface area contributed by atoms with Gasteiger partial charge in [0.25, 0.3) is 0 Å². The van der Waals surface area contributed by atoms with Crippen LogP contribution in [0.2, 0.25) is 0 Å². The third kappa shape index (κ3) is 2.56. The first-order valence-electron chi connectivity index (χ1n) is 10.7. The number of rotatable bonds is 3. The van der Waals surface area contributed by atoms with Crippen molar-refractivity contribution in [2.75, 3.05) is 11.9 Å². The third-order valence-electron chi connectivity index (χ3n) is 6.97. The molecule has 158 valence electrons. The predicted molar refractivity (Wildman–Crippen MR) is 117 cm³/mol. The van der Waals surface area contributed by atoms with Gasteiger partial charge in [-0.2, -0.15) is 0 Å². The van der Waals surface area contributed by atoms with Crippen LogP contribution in [0.4, 0.5) is 5.69 Å². The number of likely N-dealkylation sites (tertiary alicyclic amines) is 1. The van der Waals surface area contributed by atoms with Crippen LogP contribution in [0.3, 0.4) is 0 Å². The number of aromatic hydroxyl groups is 1. The molecule has 0 aromatic heterocycles. The molecule has 6 heteroatoms. The number of hydrogen-bond donors (Lipinski definition) is 2. The molecular formula is C26H20N2O4. The molecule has 0 unspecified atom stereocenters. The molecule has 32 heavy (non-hydrogen) atoms. The summed E-state index contributed by atoms with van der Waals surface area (Å²) < 4.78 is 0. The average Bonchev–Trinajstić information content (AvgIpc) is 3.04. The Balaban J connectivity index is 1.35. The van der Waals surface area contributed by atoms with Gasteiger partial charge in [-0.05, 0) is 34.4 Å². The second-order valence-electron chi connectivity index (χ2n) is 8.63. The van der Waals surface area contributed by atoms with E-state index in [1.165, 1.54) is 12.1 Å². The molecule has 1 heterocycles. The van der Waals surface area contributed by atoms with Gasteiger partial charge >= 0.3 is 0 Å². The molecule has 1 aliphatic heterocycles. The first-order chi connectivity index (χ1) is 15.5. The lowest BCUT2D eigenvalue weighted by Gasteiger charge is -2.45. The molecule has 4 aliphatic rings. The van der Waals surface area contributed by atoms with Crippen molar-refractivity contribution in [1.29, 1.82) is 0 Å². The van der Waals surface area contributed by atoms with E-state index in [2.05, 4.69) is 5.32 Å². The van der Waals surface area contributed by atoms with Gasteiger partial charge < -0.3 is 10.4 Å². The summed E-state index contributed by atoms with van der Waals surface area (Å²) in [6.45, 7) is -0.341. The molecular weight excluding hydrogens is 404 g/mol. The zero-order valence-electron chi connectivity index (χ0n) is 17.1. The quantitative estimate of drug-likeness (QED) is 0.632. The summed E-state index contributed by atoms with van der Waals surface area (Å²) in [5, 5.41) is 12.3. The number of benzene rings is 3. The van der Waals surface area contributed by atoms with E-state index in [9.17, 15) is 19.5 Å². The van der Waals surface area contributed by atoms with Crippen molar-refractivity contribution >= 4 is 23.4 Å². The topological polar surface area (TPSA) is 86.7 Å². The maximum absolute atomic E-state index is 13.5. The highest BCUT2D eigenvalue weighted by atomic mass is 16.3. The molecule has 7 rings (SSSR count). The minimum Gasteiger partial charge on any atom is -0.508 e. The molecule has 0 saturated carbocycles. The number of hydrogen-bond acceptors (Lipinski definition) is 4. The highest BCUT2D eigenvalue weighted by molar-refractivity contribution is 6.10. The van der Waals surface area contributed by atoms with E-state index in [1.807, 2.05) is 48.5 Å². The number of anilines is 1. The van der Waals surface area contributed by atoms with E-state index >= 15 is 0 Å². The average molecular weight is 424 g/mol. The fourth-order valence-corrected chi connectivity index (χ4v) is 5.82. The lowest BCUT2D eigenvalue weighted by Crippen LogP contribution is -2.41. The lowest BCUT2D eigenvalue weighted by atomic mass is 9.55. The van der Waals surface area contributed by atoms with E-state index in [0.717, 1.165) is 27.2 Å². The molecule has 1 fully saturated rings. The number of nitrogens with zero attached hydrogens (tertiary/aromatic N) is 1. The monoisotopic (exact) mass is 424 g/mol. The lowest BCUT2D eigenvalue weighted by molar-refractivity contribution is -0.142. The van der Waals surface area contributed by atoms with Crippen molar-refractivity contribution in [1.82, 2.24) is 4.90 Å². The Hall–Kier alpha value is -3.93. The van der Waals surface area contributed by atoms with Crippen LogP contribution in [0.15, 0.2) is 72.8 Å². The van der Waals surface area contributed by atoms with E-state index < -0.39 is 17.7 Å². The molecule has 2 atom stereocenters. The number of nitrogens with one attached hydrogen (secondary N) is 1. The Morgan fingerprint density at radius 3 is 1.75 bits per heavy atom. The molecule has 3 aromatic carbocycles. The van der Waals surface area contributed by atoms with E-state index in [0.29, 0.717) is 5.69 Å². The number of carbonyl (C=O) groups is 3. The van der Waals surface area contributed by atoms with Crippen LogP contribution >= 0.6 is 0 Å². The van der Waals surface area contributed by atoms with E-state index in [4.69, 9.17) is 0 Å². The Labute approximate surface area is 184 Å². The molecule has 3 aliphatic carbocycles. The van der Waals surface area contributed by atoms with Gasteiger partial charge in [0.1, 0.15) is 12.3 Å². The summed E-state index contributed by atoms with van der Waals surface area (Å²) in [7, 11) is 0. The Morgan fingerprint density at radius 2 is 1.28 bits per heavy atom. The SMILES string of the molecule is O=C(CN1C(=O)[C@@H]2C3c4ccccc4C(c4ccccc43)[C@H]2C1=O)Nc1cccc(O)c1. The van der Waals surface area contributed by atoms with Crippen LogP contribution in [0.1, 0.15) is 34.1 Å². The number of amides is 3. The zero-order valence-corrected chi connectivity index (χ0v) is 17.1. The summed E-state index contributed by atoms with van der Waals surface area (Å²) in [5.41, 5.74) is 4.81. The molecule has 3 amide bonds. The van der Waals surface area contributed by atoms with Crippen molar-refractivity contribution in [3.8, 4) is 5.75 Å².